The van der Waals surface area contributed by atoms with Crippen molar-refractivity contribution in [2.24, 2.45) is 0 Å². The van der Waals surface area contributed by atoms with Gasteiger partial charge in [0, 0.05) is 7.11 Å². The average Bonchev–Trinajstić information content (AvgIpc) is 2.20. The summed E-state index contributed by atoms with van der Waals surface area (Å²) in [5, 5.41) is 12.5. The summed E-state index contributed by atoms with van der Waals surface area (Å²) < 4.78 is 5.11. The van der Waals surface area contributed by atoms with Crippen molar-refractivity contribution in [3.8, 4) is 6.07 Å². The largest absolute Gasteiger partial charge is 0.382 e. The quantitative estimate of drug-likeness (QED) is 0.877. The van der Waals surface area contributed by atoms with E-state index >= 15 is 0 Å². The van der Waals surface area contributed by atoms with Gasteiger partial charge in [-0.25, -0.2) is 0 Å². The molecule has 1 N–H and O–H groups in total. The number of halogens is 1. The number of nitrogens with one attached hydrogen (secondary N) is 1. The van der Waals surface area contributed by atoms with Crippen molar-refractivity contribution in [2.45, 2.75) is 19.4 Å². The van der Waals surface area contributed by atoms with Crippen LogP contribution in [0.5, 0.6) is 0 Å². The number of hydrogen-bond donors (Lipinski definition) is 1. The zero-order chi connectivity index (χ0) is 12.2. The standard InChI is InChI=1S/C12H15ClN2O/c1-12(2,8-16-3)15-11-5-4-9(7-14)6-10(11)13/h4-6,15H,8H2,1-3H3. The minimum absolute atomic E-state index is 0.202. The summed E-state index contributed by atoms with van der Waals surface area (Å²) in [6.45, 7) is 4.61. The summed E-state index contributed by atoms with van der Waals surface area (Å²) in [7, 11) is 1.66. The van der Waals surface area contributed by atoms with Crippen LogP contribution >= 0.6 is 11.6 Å². The topological polar surface area (TPSA) is 45.0 Å². The minimum Gasteiger partial charge on any atom is -0.382 e. The number of rotatable bonds is 4. The predicted octanol–water partition coefficient (Wildman–Crippen LogP) is 3.05. The first-order chi connectivity index (χ1) is 7.48. The van der Waals surface area contributed by atoms with E-state index in [9.17, 15) is 0 Å². The van der Waals surface area contributed by atoms with Crippen LogP contribution in [0.1, 0.15) is 19.4 Å². The maximum atomic E-state index is 8.72. The Labute approximate surface area is 101 Å². The molecule has 1 aromatic carbocycles. The van der Waals surface area contributed by atoms with Crippen LogP contribution < -0.4 is 5.32 Å². The monoisotopic (exact) mass is 238 g/mol. The first kappa shape index (κ1) is 12.8. The third kappa shape index (κ3) is 3.41. The van der Waals surface area contributed by atoms with Gasteiger partial charge in [-0.1, -0.05) is 11.6 Å². The summed E-state index contributed by atoms with van der Waals surface area (Å²) in [4.78, 5) is 0. The minimum atomic E-state index is -0.202. The van der Waals surface area contributed by atoms with Crippen molar-refractivity contribution in [1.82, 2.24) is 0 Å². The molecular weight excluding hydrogens is 224 g/mol. The lowest BCUT2D eigenvalue weighted by Gasteiger charge is -2.27. The molecule has 4 heteroatoms. The fourth-order valence-electron chi connectivity index (χ4n) is 1.45. The third-order valence-electron chi connectivity index (χ3n) is 2.08. The highest BCUT2D eigenvalue weighted by atomic mass is 35.5. The second kappa shape index (κ2) is 5.20. The van der Waals surface area contributed by atoms with Crippen LogP contribution in [0.4, 0.5) is 5.69 Å². The Morgan fingerprint density at radius 1 is 1.50 bits per heavy atom. The van der Waals surface area contributed by atoms with E-state index in [1.165, 1.54) is 0 Å². The summed E-state index contributed by atoms with van der Waals surface area (Å²) in [6, 6.07) is 7.23. The normalized spacial score (nSPS) is 10.9. The van der Waals surface area contributed by atoms with Gasteiger partial charge in [-0.15, -0.1) is 0 Å². The predicted molar refractivity (Wildman–Crippen MR) is 65.7 cm³/mol. The van der Waals surface area contributed by atoms with Crippen LogP contribution in [0.2, 0.25) is 5.02 Å². The summed E-state index contributed by atoms with van der Waals surface area (Å²) >= 11 is 6.06. The number of ether oxygens (including phenoxy) is 1. The van der Waals surface area contributed by atoms with Crippen LogP contribution in [0, 0.1) is 11.3 Å². The van der Waals surface area contributed by atoms with Crippen molar-refractivity contribution in [1.29, 1.82) is 5.26 Å². The second-order valence-electron chi connectivity index (χ2n) is 4.25. The highest BCUT2D eigenvalue weighted by molar-refractivity contribution is 6.33. The van der Waals surface area contributed by atoms with E-state index < -0.39 is 0 Å². The van der Waals surface area contributed by atoms with Gasteiger partial charge in [0.2, 0.25) is 0 Å². The molecular formula is C12H15ClN2O. The fourth-order valence-corrected chi connectivity index (χ4v) is 1.68. The van der Waals surface area contributed by atoms with Gasteiger partial charge in [0.1, 0.15) is 0 Å². The molecule has 0 aliphatic carbocycles. The molecule has 0 atom stereocenters. The molecule has 0 unspecified atom stereocenters. The van der Waals surface area contributed by atoms with Crippen LogP contribution in [-0.4, -0.2) is 19.3 Å². The fraction of sp³-hybridized carbons (Fsp3) is 0.417. The van der Waals surface area contributed by atoms with Crippen molar-refractivity contribution in [3.05, 3.63) is 28.8 Å². The summed E-state index contributed by atoms with van der Waals surface area (Å²) in [5.74, 6) is 0. The Hall–Kier alpha value is -1.24. The molecule has 0 spiro atoms. The van der Waals surface area contributed by atoms with Gasteiger partial charge in [-0.3, -0.25) is 0 Å². The molecule has 0 aliphatic rings. The lowest BCUT2D eigenvalue weighted by Crippen LogP contribution is -2.35. The van der Waals surface area contributed by atoms with Crippen molar-refractivity contribution < 1.29 is 4.74 Å². The molecule has 1 rings (SSSR count). The SMILES string of the molecule is COCC(C)(C)Nc1ccc(C#N)cc1Cl. The van der Waals surface area contributed by atoms with Crippen LogP contribution in [-0.2, 0) is 4.74 Å². The maximum absolute atomic E-state index is 8.72. The Morgan fingerprint density at radius 3 is 2.69 bits per heavy atom. The van der Waals surface area contributed by atoms with Gasteiger partial charge in [0.25, 0.3) is 0 Å². The van der Waals surface area contributed by atoms with E-state index in [1.54, 1.807) is 25.3 Å². The molecule has 0 aliphatic heterocycles. The van der Waals surface area contributed by atoms with Crippen LogP contribution in [0.15, 0.2) is 18.2 Å². The van der Waals surface area contributed by atoms with E-state index in [2.05, 4.69) is 5.32 Å². The first-order valence-electron chi connectivity index (χ1n) is 4.95. The molecule has 0 saturated heterocycles. The molecule has 0 aromatic heterocycles. The number of nitrogens with zero attached hydrogens (tertiary/aromatic N) is 1. The smallest absolute Gasteiger partial charge is 0.0992 e. The Kier molecular flexibility index (Phi) is 4.17. The molecule has 0 amide bonds. The van der Waals surface area contributed by atoms with E-state index in [0.717, 1.165) is 5.69 Å². The van der Waals surface area contributed by atoms with Gasteiger partial charge in [0.05, 0.1) is 34.5 Å². The molecule has 16 heavy (non-hydrogen) atoms. The third-order valence-corrected chi connectivity index (χ3v) is 2.39. The molecule has 3 nitrogen and oxygen atoms in total. The van der Waals surface area contributed by atoms with Gasteiger partial charge in [-0.05, 0) is 32.0 Å². The molecule has 0 saturated carbocycles. The van der Waals surface area contributed by atoms with E-state index in [-0.39, 0.29) is 5.54 Å². The van der Waals surface area contributed by atoms with E-state index in [0.29, 0.717) is 17.2 Å². The Morgan fingerprint density at radius 2 is 2.19 bits per heavy atom. The zero-order valence-corrected chi connectivity index (χ0v) is 10.4. The molecule has 0 heterocycles. The molecule has 0 radical (unpaired) electrons. The molecule has 1 aromatic rings. The maximum Gasteiger partial charge on any atom is 0.0992 e. The van der Waals surface area contributed by atoms with E-state index in [1.807, 2.05) is 19.9 Å². The highest BCUT2D eigenvalue weighted by Crippen LogP contribution is 2.25. The average molecular weight is 239 g/mol. The summed E-state index contributed by atoms with van der Waals surface area (Å²) in [6.07, 6.45) is 0. The van der Waals surface area contributed by atoms with Crippen molar-refractivity contribution in [3.63, 3.8) is 0 Å². The summed E-state index contributed by atoms with van der Waals surface area (Å²) in [5.41, 5.74) is 1.16. The Balaban J connectivity index is 2.86. The number of benzene rings is 1. The number of hydrogen-bond acceptors (Lipinski definition) is 3. The molecule has 0 fully saturated rings. The van der Waals surface area contributed by atoms with Gasteiger partial charge >= 0.3 is 0 Å². The van der Waals surface area contributed by atoms with Gasteiger partial charge < -0.3 is 10.1 Å². The Bertz CT molecular complexity index is 410. The first-order valence-corrected chi connectivity index (χ1v) is 5.33. The number of anilines is 1. The zero-order valence-electron chi connectivity index (χ0n) is 9.67. The van der Waals surface area contributed by atoms with Gasteiger partial charge in [0.15, 0.2) is 0 Å². The lowest BCUT2D eigenvalue weighted by molar-refractivity contribution is 0.158. The van der Waals surface area contributed by atoms with Crippen LogP contribution in [0.3, 0.4) is 0 Å². The van der Waals surface area contributed by atoms with Gasteiger partial charge in [-0.2, -0.15) is 5.26 Å². The number of nitriles is 1. The van der Waals surface area contributed by atoms with Crippen molar-refractivity contribution >= 4 is 17.3 Å². The number of methoxy groups -OCH3 is 1. The second-order valence-corrected chi connectivity index (χ2v) is 4.66. The van der Waals surface area contributed by atoms with Crippen LogP contribution in [0.25, 0.3) is 0 Å². The van der Waals surface area contributed by atoms with E-state index in [4.69, 9.17) is 21.6 Å². The lowest BCUT2D eigenvalue weighted by atomic mass is 10.1. The molecule has 0 bridgehead atoms. The molecule has 86 valence electrons. The highest BCUT2D eigenvalue weighted by Gasteiger charge is 2.18. The van der Waals surface area contributed by atoms with Crippen molar-refractivity contribution in [2.75, 3.05) is 19.0 Å².